The van der Waals surface area contributed by atoms with Crippen molar-refractivity contribution in [3.8, 4) is 0 Å². The van der Waals surface area contributed by atoms with Crippen LogP contribution >= 0.6 is 11.6 Å². The van der Waals surface area contributed by atoms with Crippen LogP contribution < -0.4 is 10.6 Å². The van der Waals surface area contributed by atoms with Crippen LogP contribution in [0.25, 0.3) is 0 Å². The van der Waals surface area contributed by atoms with Crippen LogP contribution in [0.1, 0.15) is 30.1 Å². The average molecular weight is 313 g/mol. The Labute approximate surface area is 127 Å². The molecule has 6 nitrogen and oxygen atoms in total. The molecule has 0 saturated carbocycles. The number of urea groups is 1. The van der Waals surface area contributed by atoms with E-state index in [-0.39, 0.29) is 16.8 Å². The van der Waals surface area contributed by atoms with E-state index in [4.69, 9.17) is 21.4 Å². The lowest BCUT2D eigenvalue weighted by Gasteiger charge is -2.34. The summed E-state index contributed by atoms with van der Waals surface area (Å²) in [6.07, 6.45) is 1.43. The van der Waals surface area contributed by atoms with E-state index < -0.39 is 12.0 Å². The highest BCUT2D eigenvalue weighted by molar-refractivity contribution is 6.31. The lowest BCUT2D eigenvalue weighted by molar-refractivity contribution is 0.0499. The van der Waals surface area contributed by atoms with Crippen molar-refractivity contribution in [2.45, 2.75) is 25.3 Å². The van der Waals surface area contributed by atoms with E-state index in [9.17, 15) is 9.59 Å². The zero-order valence-electron chi connectivity index (χ0n) is 11.6. The highest BCUT2D eigenvalue weighted by Gasteiger charge is 2.29. The number of carboxylic acid groups (broad SMARTS) is 1. The number of carbonyl (C=O) groups is 2. The fourth-order valence-corrected chi connectivity index (χ4v) is 2.35. The monoisotopic (exact) mass is 312 g/mol. The van der Waals surface area contributed by atoms with E-state index >= 15 is 0 Å². The van der Waals surface area contributed by atoms with E-state index in [0.717, 1.165) is 0 Å². The minimum atomic E-state index is -1.15. The van der Waals surface area contributed by atoms with Gasteiger partial charge in [0, 0.05) is 23.8 Å². The van der Waals surface area contributed by atoms with Crippen LogP contribution in [0.3, 0.4) is 0 Å². The number of nitrogens with one attached hydrogen (secondary N) is 2. The summed E-state index contributed by atoms with van der Waals surface area (Å²) in [5.41, 5.74) is -0.187. The van der Waals surface area contributed by atoms with Crippen molar-refractivity contribution in [3.63, 3.8) is 0 Å². The molecule has 1 aliphatic rings. The highest BCUT2D eigenvalue weighted by atomic mass is 35.5. The number of anilines is 1. The van der Waals surface area contributed by atoms with Crippen molar-refractivity contribution in [2.24, 2.45) is 0 Å². The van der Waals surface area contributed by atoms with Crippen LogP contribution in [0.5, 0.6) is 0 Å². The molecule has 1 fully saturated rings. The van der Waals surface area contributed by atoms with Gasteiger partial charge in [0.2, 0.25) is 0 Å². The fourth-order valence-electron chi connectivity index (χ4n) is 2.18. The second-order valence-electron chi connectivity index (χ2n) is 5.25. The molecule has 0 aromatic heterocycles. The maximum absolute atomic E-state index is 12.1. The Morgan fingerprint density at radius 2 is 2.00 bits per heavy atom. The molecule has 0 spiro atoms. The molecule has 0 unspecified atom stereocenters. The first-order chi connectivity index (χ1) is 9.89. The molecule has 2 amide bonds. The minimum Gasteiger partial charge on any atom is -0.478 e. The second-order valence-corrected chi connectivity index (χ2v) is 5.68. The van der Waals surface area contributed by atoms with Crippen LogP contribution in [-0.4, -0.2) is 35.9 Å². The van der Waals surface area contributed by atoms with Crippen molar-refractivity contribution in [2.75, 3.05) is 18.5 Å². The molecule has 1 saturated heterocycles. The van der Waals surface area contributed by atoms with Gasteiger partial charge in [-0.2, -0.15) is 0 Å². The van der Waals surface area contributed by atoms with Gasteiger partial charge in [-0.25, -0.2) is 9.59 Å². The van der Waals surface area contributed by atoms with E-state index in [1.54, 1.807) is 0 Å². The number of hydrogen-bond donors (Lipinski definition) is 3. The summed E-state index contributed by atoms with van der Waals surface area (Å²) in [7, 11) is 0. The number of carbonyl (C=O) groups excluding carboxylic acids is 1. The van der Waals surface area contributed by atoms with E-state index in [0.29, 0.717) is 31.1 Å². The molecular formula is C14H17ClN2O4. The first-order valence-electron chi connectivity index (χ1n) is 6.59. The Kier molecular flexibility index (Phi) is 4.69. The maximum Gasteiger partial charge on any atom is 0.337 e. The van der Waals surface area contributed by atoms with Gasteiger partial charge in [-0.3, -0.25) is 0 Å². The van der Waals surface area contributed by atoms with Gasteiger partial charge in [-0.1, -0.05) is 11.6 Å². The molecule has 1 aromatic rings. The summed E-state index contributed by atoms with van der Waals surface area (Å²) in [6, 6.07) is 3.86. The molecule has 0 aliphatic carbocycles. The van der Waals surface area contributed by atoms with Gasteiger partial charge < -0.3 is 20.5 Å². The summed E-state index contributed by atoms with van der Waals surface area (Å²) in [5.74, 6) is -1.15. The number of benzene rings is 1. The molecule has 1 heterocycles. The van der Waals surface area contributed by atoms with Crippen LogP contribution in [-0.2, 0) is 4.74 Å². The maximum atomic E-state index is 12.1. The van der Waals surface area contributed by atoms with Crippen LogP contribution in [0, 0.1) is 0 Å². The minimum absolute atomic E-state index is 0.0465. The number of carboxylic acids is 1. The second kappa shape index (κ2) is 6.32. The van der Waals surface area contributed by atoms with E-state index in [1.165, 1.54) is 18.2 Å². The number of aromatic carboxylic acids is 1. The van der Waals surface area contributed by atoms with E-state index in [1.807, 2.05) is 6.92 Å². The highest BCUT2D eigenvalue weighted by Crippen LogP contribution is 2.22. The molecule has 114 valence electrons. The SMILES string of the molecule is CC1(NC(=O)Nc2ccc(Cl)cc2C(=O)O)CCOCC1. The Morgan fingerprint density at radius 3 is 2.62 bits per heavy atom. The smallest absolute Gasteiger partial charge is 0.337 e. The molecule has 1 aliphatic heterocycles. The standard InChI is InChI=1S/C14H17ClN2O4/c1-14(4-6-21-7-5-14)17-13(20)16-11-3-2-9(15)8-10(11)12(18)19/h2-3,8H,4-7H2,1H3,(H,18,19)(H2,16,17,20). The third-order valence-corrected chi connectivity index (χ3v) is 3.71. The first kappa shape index (κ1) is 15.6. The molecule has 0 radical (unpaired) electrons. The van der Waals surface area contributed by atoms with Crippen LogP contribution in [0.15, 0.2) is 18.2 Å². The van der Waals surface area contributed by atoms with Crippen molar-refractivity contribution in [1.82, 2.24) is 5.32 Å². The lowest BCUT2D eigenvalue weighted by Crippen LogP contribution is -2.51. The Bertz CT molecular complexity index is 556. The first-order valence-corrected chi connectivity index (χ1v) is 6.97. The number of hydrogen-bond acceptors (Lipinski definition) is 3. The molecule has 2 rings (SSSR count). The quantitative estimate of drug-likeness (QED) is 0.800. The molecule has 0 atom stereocenters. The van der Waals surface area contributed by atoms with Crippen LogP contribution in [0.4, 0.5) is 10.5 Å². The molecule has 21 heavy (non-hydrogen) atoms. The number of ether oxygens (including phenoxy) is 1. The number of rotatable bonds is 3. The largest absolute Gasteiger partial charge is 0.478 e. The summed E-state index contributed by atoms with van der Waals surface area (Å²) in [5, 5.41) is 14.9. The number of halogens is 1. The molecular weight excluding hydrogens is 296 g/mol. The summed E-state index contributed by atoms with van der Waals surface area (Å²) in [4.78, 5) is 23.2. The molecule has 1 aromatic carbocycles. The molecule has 3 N–H and O–H groups in total. The van der Waals surface area contributed by atoms with E-state index in [2.05, 4.69) is 10.6 Å². The van der Waals surface area contributed by atoms with Gasteiger partial charge in [-0.05, 0) is 38.0 Å². The Balaban J connectivity index is 2.07. The molecule has 0 bridgehead atoms. The molecule has 7 heteroatoms. The Morgan fingerprint density at radius 1 is 1.33 bits per heavy atom. The third-order valence-electron chi connectivity index (χ3n) is 3.47. The van der Waals surface area contributed by atoms with Gasteiger partial charge in [-0.15, -0.1) is 0 Å². The van der Waals surface area contributed by atoms with Gasteiger partial charge in [0.25, 0.3) is 0 Å². The van der Waals surface area contributed by atoms with Gasteiger partial charge in [0.1, 0.15) is 0 Å². The summed E-state index contributed by atoms with van der Waals surface area (Å²) < 4.78 is 5.26. The van der Waals surface area contributed by atoms with Gasteiger partial charge >= 0.3 is 12.0 Å². The van der Waals surface area contributed by atoms with Crippen LogP contribution in [0.2, 0.25) is 5.02 Å². The topological polar surface area (TPSA) is 87.7 Å². The van der Waals surface area contributed by atoms with Gasteiger partial charge in [0.05, 0.1) is 11.3 Å². The average Bonchev–Trinajstić information content (AvgIpc) is 2.40. The zero-order chi connectivity index (χ0) is 15.5. The fraction of sp³-hybridized carbons (Fsp3) is 0.429. The van der Waals surface area contributed by atoms with Crippen molar-refractivity contribution in [1.29, 1.82) is 0 Å². The predicted molar refractivity (Wildman–Crippen MR) is 79.0 cm³/mol. The summed E-state index contributed by atoms with van der Waals surface area (Å²) in [6.45, 7) is 3.13. The van der Waals surface area contributed by atoms with Crippen molar-refractivity contribution < 1.29 is 19.4 Å². The lowest BCUT2D eigenvalue weighted by atomic mass is 9.93. The number of amides is 2. The predicted octanol–water partition coefficient (Wildman–Crippen LogP) is 2.73. The summed E-state index contributed by atoms with van der Waals surface area (Å²) >= 11 is 5.77. The van der Waals surface area contributed by atoms with Crippen molar-refractivity contribution in [3.05, 3.63) is 28.8 Å². The normalized spacial score (nSPS) is 17.0. The zero-order valence-corrected chi connectivity index (χ0v) is 12.4. The van der Waals surface area contributed by atoms with Gasteiger partial charge in [0.15, 0.2) is 0 Å². The van der Waals surface area contributed by atoms with Crippen molar-refractivity contribution >= 4 is 29.3 Å². The Hall–Kier alpha value is -1.79. The third kappa shape index (κ3) is 4.09.